The minimum absolute atomic E-state index is 0.136. The molecule has 26 heavy (non-hydrogen) atoms. The molecule has 0 aromatic heterocycles. The predicted molar refractivity (Wildman–Crippen MR) is 98.6 cm³/mol. The van der Waals surface area contributed by atoms with Crippen molar-refractivity contribution in [1.29, 1.82) is 0 Å². The molecule has 2 saturated heterocycles. The summed E-state index contributed by atoms with van der Waals surface area (Å²) in [5.41, 5.74) is 0.953. The zero-order valence-electron chi connectivity index (χ0n) is 14.8. The van der Waals surface area contributed by atoms with Gasteiger partial charge in [-0.3, -0.25) is 13.9 Å². The summed E-state index contributed by atoms with van der Waals surface area (Å²) in [5, 5.41) is 5.67. The van der Waals surface area contributed by atoms with Crippen molar-refractivity contribution in [2.45, 2.75) is 18.9 Å². The van der Waals surface area contributed by atoms with E-state index in [-0.39, 0.29) is 24.1 Å². The summed E-state index contributed by atoms with van der Waals surface area (Å²) in [7, 11) is -1.76. The SMILES string of the molecule is CNC(=O)C1CN(C(=O)c2cccc(N3CCCCS3(=O)=O)c2)CCN1. The number of sulfonamides is 1. The highest BCUT2D eigenvalue weighted by atomic mass is 32.2. The Morgan fingerprint density at radius 2 is 2.04 bits per heavy atom. The minimum atomic E-state index is -3.32. The molecule has 8 nitrogen and oxygen atoms in total. The van der Waals surface area contributed by atoms with Crippen molar-refractivity contribution in [2.24, 2.45) is 0 Å². The molecule has 2 aliphatic rings. The second-order valence-electron chi connectivity index (χ2n) is 6.52. The van der Waals surface area contributed by atoms with Gasteiger partial charge in [0.25, 0.3) is 5.91 Å². The third kappa shape index (κ3) is 3.83. The highest BCUT2D eigenvalue weighted by Crippen LogP contribution is 2.25. The second kappa shape index (κ2) is 7.63. The van der Waals surface area contributed by atoms with Crippen LogP contribution in [0, 0.1) is 0 Å². The van der Waals surface area contributed by atoms with Gasteiger partial charge in [0, 0.05) is 38.8 Å². The van der Waals surface area contributed by atoms with Crippen LogP contribution in [0.25, 0.3) is 0 Å². The van der Waals surface area contributed by atoms with Crippen molar-refractivity contribution in [2.75, 3.05) is 43.3 Å². The van der Waals surface area contributed by atoms with Gasteiger partial charge in [-0.05, 0) is 31.0 Å². The van der Waals surface area contributed by atoms with Crippen LogP contribution in [0.15, 0.2) is 24.3 Å². The van der Waals surface area contributed by atoms with Crippen LogP contribution in [0.1, 0.15) is 23.2 Å². The van der Waals surface area contributed by atoms with Gasteiger partial charge in [-0.25, -0.2) is 8.42 Å². The Morgan fingerprint density at radius 1 is 1.23 bits per heavy atom. The van der Waals surface area contributed by atoms with Gasteiger partial charge in [0.1, 0.15) is 6.04 Å². The highest BCUT2D eigenvalue weighted by molar-refractivity contribution is 7.92. The molecule has 142 valence electrons. The van der Waals surface area contributed by atoms with Crippen LogP contribution in [0.2, 0.25) is 0 Å². The summed E-state index contributed by atoms with van der Waals surface area (Å²) < 4.78 is 26.0. The molecular weight excluding hydrogens is 356 g/mol. The molecule has 2 aliphatic heterocycles. The maximum Gasteiger partial charge on any atom is 0.254 e. The number of carbonyl (C=O) groups excluding carboxylic acids is 2. The van der Waals surface area contributed by atoms with Crippen LogP contribution in [0.4, 0.5) is 5.69 Å². The number of hydrogen-bond donors (Lipinski definition) is 2. The Labute approximate surface area is 153 Å². The van der Waals surface area contributed by atoms with Gasteiger partial charge in [0.05, 0.1) is 11.4 Å². The monoisotopic (exact) mass is 380 g/mol. The molecule has 1 atom stereocenters. The van der Waals surface area contributed by atoms with Crippen molar-refractivity contribution in [3.05, 3.63) is 29.8 Å². The Hall–Kier alpha value is -2.13. The van der Waals surface area contributed by atoms with E-state index in [9.17, 15) is 18.0 Å². The summed E-state index contributed by atoms with van der Waals surface area (Å²) in [4.78, 5) is 26.3. The number of anilines is 1. The van der Waals surface area contributed by atoms with E-state index in [1.54, 1.807) is 36.2 Å². The number of benzene rings is 1. The quantitative estimate of drug-likeness (QED) is 0.755. The lowest BCUT2D eigenvalue weighted by molar-refractivity contribution is -0.123. The Bertz CT molecular complexity index is 796. The lowest BCUT2D eigenvalue weighted by Gasteiger charge is -2.33. The number of nitrogens with one attached hydrogen (secondary N) is 2. The molecular formula is C17H24N4O4S. The Morgan fingerprint density at radius 3 is 2.77 bits per heavy atom. The van der Waals surface area contributed by atoms with E-state index in [0.29, 0.717) is 37.3 Å². The summed E-state index contributed by atoms with van der Waals surface area (Å²) in [6.07, 6.45) is 1.47. The molecule has 2 fully saturated rings. The topological polar surface area (TPSA) is 98.8 Å². The summed E-state index contributed by atoms with van der Waals surface area (Å²) in [6.45, 7) is 1.75. The third-order valence-electron chi connectivity index (χ3n) is 4.76. The maximum atomic E-state index is 12.9. The molecule has 0 spiro atoms. The van der Waals surface area contributed by atoms with Gasteiger partial charge in [-0.15, -0.1) is 0 Å². The molecule has 2 N–H and O–H groups in total. The molecule has 1 aromatic carbocycles. The molecule has 0 radical (unpaired) electrons. The van der Waals surface area contributed by atoms with Crippen LogP contribution in [-0.2, 0) is 14.8 Å². The summed E-state index contributed by atoms with van der Waals surface area (Å²) in [6, 6.07) is 6.28. The number of piperazine rings is 1. The number of likely N-dealkylation sites (N-methyl/N-ethyl adjacent to an activating group) is 1. The van der Waals surface area contributed by atoms with Gasteiger partial charge >= 0.3 is 0 Å². The lowest BCUT2D eigenvalue weighted by atomic mass is 10.1. The van der Waals surface area contributed by atoms with Crippen molar-refractivity contribution in [3.63, 3.8) is 0 Å². The Balaban J connectivity index is 1.79. The molecule has 2 heterocycles. The normalized spacial score (nSPS) is 22.7. The average Bonchev–Trinajstić information content (AvgIpc) is 2.66. The third-order valence-corrected chi connectivity index (χ3v) is 6.63. The van der Waals surface area contributed by atoms with E-state index in [1.807, 2.05) is 0 Å². The van der Waals surface area contributed by atoms with Crippen molar-refractivity contribution in [3.8, 4) is 0 Å². The van der Waals surface area contributed by atoms with E-state index in [4.69, 9.17) is 0 Å². The summed E-state index contributed by atoms with van der Waals surface area (Å²) in [5.74, 6) is -0.219. The van der Waals surface area contributed by atoms with Crippen LogP contribution >= 0.6 is 0 Å². The van der Waals surface area contributed by atoms with E-state index >= 15 is 0 Å². The number of nitrogens with zero attached hydrogens (tertiary/aromatic N) is 2. The van der Waals surface area contributed by atoms with Crippen LogP contribution in [0.5, 0.6) is 0 Å². The zero-order chi connectivity index (χ0) is 18.7. The highest BCUT2D eigenvalue weighted by Gasteiger charge is 2.29. The number of hydrogen-bond acceptors (Lipinski definition) is 5. The fourth-order valence-electron chi connectivity index (χ4n) is 3.34. The first-order valence-corrected chi connectivity index (χ1v) is 10.4. The van der Waals surface area contributed by atoms with Crippen LogP contribution < -0.4 is 14.9 Å². The van der Waals surface area contributed by atoms with E-state index in [0.717, 1.165) is 6.42 Å². The van der Waals surface area contributed by atoms with Gasteiger partial charge in [0.15, 0.2) is 0 Å². The molecule has 0 bridgehead atoms. The number of rotatable bonds is 3. The molecule has 0 saturated carbocycles. The molecule has 0 aliphatic carbocycles. The fraction of sp³-hybridized carbons (Fsp3) is 0.529. The first kappa shape index (κ1) is 18.7. The first-order valence-electron chi connectivity index (χ1n) is 8.77. The van der Waals surface area contributed by atoms with E-state index < -0.39 is 16.1 Å². The van der Waals surface area contributed by atoms with Gasteiger partial charge in [0.2, 0.25) is 15.9 Å². The van der Waals surface area contributed by atoms with Crippen molar-refractivity contribution < 1.29 is 18.0 Å². The standard InChI is InChI=1S/C17H24N4O4S/c1-18-16(22)15-12-20(9-7-19-15)17(23)13-5-4-6-14(11-13)21-8-2-3-10-26(21,24)25/h4-6,11,15,19H,2-3,7-10,12H2,1H3,(H,18,22). The number of amides is 2. The molecule has 1 aromatic rings. The predicted octanol–water partition coefficient (Wildman–Crippen LogP) is -0.223. The molecule has 2 amide bonds. The number of carbonyl (C=O) groups is 2. The molecule has 9 heteroatoms. The van der Waals surface area contributed by atoms with Gasteiger partial charge in [-0.1, -0.05) is 6.07 Å². The fourth-order valence-corrected chi connectivity index (χ4v) is 4.97. The zero-order valence-corrected chi connectivity index (χ0v) is 15.6. The van der Waals surface area contributed by atoms with Crippen molar-refractivity contribution >= 4 is 27.5 Å². The molecule has 3 rings (SSSR count). The summed E-state index contributed by atoms with van der Waals surface area (Å²) >= 11 is 0. The average molecular weight is 380 g/mol. The van der Waals surface area contributed by atoms with E-state index in [2.05, 4.69) is 10.6 Å². The van der Waals surface area contributed by atoms with Crippen LogP contribution in [-0.4, -0.2) is 70.2 Å². The largest absolute Gasteiger partial charge is 0.358 e. The molecule has 1 unspecified atom stereocenters. The van der Waals surface area contributed by atoms with Gasteiger partial charge in [-0.2, -0.15) is 0 Å². The minimum Gasteiger partial charge on any atom is -0.358 e. The van der Waals surface area contributed by atoms with E-state index in [1.165, 1.54) is 4.31 Å². The van der Waals surface area contributed by atoms with Crippen LogP contribution in [0.3, 0.4) is 0 Å². The van der Waals surface area contributed by atoms with Crippen molar-refractivity contribution in [1.82, 2.24) is 15.5 Å². The first-order chi connectivity index (χ1) is 12.4. The van der Waals surface area contributed by atoms with Gasteiger partial charge < -0.3 is 15.5 Å². The maximum absolute atomic E-state index is 12.9. The smallest absolute Gasteiger partial charge is 0.254 e. The Kier molecular flexibility index (Phi) is 5.47. The lowest BCUT2D eigenvalue weighted by Crippen LogP contribution is -2.57. The second-order valence-corrected chi connectivity index (χ2v) is 8.53.